The number of nitrogens with one attached hydrogen (secondary N) is 1. The van der Waals surface area contributed by atoms with Crippen molar-refractivity contribution < 1.29 is 9.50 Å². The number of benzene rings is 1. The van der Waals surface area contributed by atoms with Crippen LogP contribution in [0.1, 0.15) is 12.5 Å². The van der Waals surface area contributed by atoms with E-state index < -0.39 is 5.82 Å². The summed E-state index contributed by atoms with van der Waals surface area (Å²) in [5.41, 5.74) is 0.725. The minimum Gasteiger partial charge on any atom is -0.505 e. The third-order valence-corrected chi connectivity index (χ3v) is 4.31. The van der Waals surface area contributed by atoms with E-state index in [1.807, 2.05) is 31.3 Å². The van der Waals surface area contributed by atoms with Crippen LogP contribution >= 0.6 is 0 Å². The second-order valence-corrected chi connectivity index (χ2v) is 6.12. The number of aromatic nitrogens is 1. The van der Waals surface area contributed by atoms with Crippen LogP contribution in [-0.2, 0) is 6.54 Å². The summed E-state index contributed by atoms with van der Waals surface area (Å²) in [5, 5.41) is 12.6. The molecule has 6 nitrogen and oxygen atoms in total. The molecule has 0 bridgehead atoms. The molecule has 7 heteroatoms. The van der Waals surface area contributed by atoms with Gasteiger partial charge in [0, 0.05) is 38.9 Å². The molecule has 1 fully saturated rings. The maximum absolute atomic E-state index is 13.5. The zero-order chi connectivity index (χ0) is 18.4. The molecule has 2 aromatic rings. The van der Waals surface area contributed by atoms with Crippen LogP contribution in [-0.4, -0.2) is 53.7 Å². The van der Waals surface area contributed by atoms with Gasteiger partial charge in [-0.25, -0.2) is 14.4 Å². The first-order valence-corrected chi connectivity index (χ1v) is 8.84. The summed E-state index contributed by atoms with van der Waals surface area (Å²) in [6.45, 7) is 6.58. The highest BCUT2D eigenvalue weighted by atomic mass is 19.1. The highest BCUT2D eigenvalue weighted by Crippen LogP contribution is 2.17. The number of piperazine rings is 1. The largest absolute Gasteiger partial charge is 0.505 e. The Kier molecular flexibility index (Phi) is 5.88. The molecule has 2 heterocycles. The summed E-state index contributed by atoms with van der Waals surface area (Å²) in [5.74, 6) is 0.859. The standard InChI is InChI=1S/C19H24FN5O/c1-2-21-19(23-14-15-6-7-17(26)16(20)13-15)25-11-9-24(10-12-25)18-5-3-4-8-22-18/h3-8,13,26H,2,9-12,14H2,1H3,(H,21,23). The number of rotatable bonds is 4. The smallest absolute Gasteiger partial charge is 0.194 e. The van der Waals surface area contributed by atoms with Crippen molar-refractivity contribution in [3.8, 4) is 5.75 Å². The van der Waals surface area contributed by atoms with Gasteiger partial charge >= 0.3 is 0 Å². The van der Waals surface area contributed by atoms with E-state index in [0.717, 1.165) is 50.1 Å². The number of phenols is 1. The Labute approximate surface area is 153 Å². The van der Waals surface area contributed by atoms with Crippen molar-refractivity contribution >= 4 is 11.8 Å². The highest BCUT2D eigenvalue weighted by molar-refractivity contribution is 5.80. The number of halogens is 1. The molecule has 0 radical (unpaired) electrons. The van der Waals surface area contributed by atoms with E-state index in [1.54, 1.807) is 6.07 Å². The molecule has 0 amide bonds. The average molecular weight is 357 g/mol. The number of phenolic OH excluding ortho intramolecular Hbond substituents is 1. The fraction of sp³-hybridized carbons (Fsp3) is 0.368. The van der Waals surface area contributed by atoms with E-state index in [9.17, 15) is 9.50 Å². The molecular weight excluding hydrogens is 333 g/mol. The lowest BCUT2D eigenvalue weighted by atomic mass is 10.2. The third kappa shape index (κ3) is 4.41. The maximum Gasteiger partial charge on any atom is 0.194 e. The number of pyridine rings is 1. The van der Waals surface area contributed by atoms with Gasteiger partial charge in [-0.2, -0.15) is 0 Å². The first-order chi connectivity index (χ1) is 12.7. The predicted molar refractivity (Wildman–Crippen MR) is 101 cm³/mol. The lowest BCUT2D eigenvalue weighted by molar-refractivity contribution is 0.371. The quantitative estimate of drug-likeness (QED) is 0.649. The number of nitrogens with zero attached hydrogens (tertiary/aromatic N) is 4. The topological polar surface area (TPSA) is 64.0 Å². The summed E-state index contributed by atoms with van der Waals surface area (Å²) in [7, 11) is 0. The number of aromatic hydroxyl groups is 1. The number of guanidine groups is 1. The van der Waals surface area contributed by atoms with Gasteiger partial charge in [-0.05, 0) is 36.8 Å². The minimum atomic E-state index is -0.619. The molecule has 1 aliphatic rings. The van der Waals surface area contributed by atoms with Crippen LogP contribution in [0.3, 0.4) is 0 Å². The molecule has 0 aliphatic carbocycles. The number of hydrogen-bond acceptors (Lipinski definition) is 4. The summed E-state index contributed by atoms with van der Waals surface area (Å²) in [4.78, 5) is 13.5. The molecular formula is C19H24FN5O. The van der Waals surface area contributed by atoms with E-state index in [4.69, 9.17) is 0 Å². The maximum atomic E-state index is 13.5. The Balaban J connectivity index is 1.63. The predicted octanol–water partition coefficient (Wildman–Crippen LogP) is 2.21. The molecule has 138 valence electrons. The first-order valence-electron chi connectivity index (χ1n) is 8.84. The Hall–Kier alpha value is -2.83. The lowest BCUT2D eigenvalue weighted by Gasteiger charge is -2.37. The van der Waals surface area contributed by atoms with Crippen LogP contribution in [0.2, 0.25) is 0 Å². The number of hydrogen-bond donors (Lipinski definition) is 2. The fourth-order valence-electron chi connectivity index (χ4n) is 2.93. The van der Waals surface area contributed by atoms with Gasteiger partial charge in [-0.15, -0.1) is 0 Å². The Morgan fingerprint density at radius 3 is 2.69 bits per heavy atom. The van der Waals surface area contributed by atoms with Crippen molar-refractivity contribution in [1.29, 1.82) is 0 Å². The van der Waals surface area contributed by atoms with Gasteiger partial charge in [0.25, 0.3) is 0 Å². The molecule has 0 saturated carbocycles. The van der Waals surface area contributed by atoms with Crippen LogP contribution in [0.25, 0.3) is 0 Å². The van der Waals surface area contributed by atoms with Crippen molar-refractivity contribution in [3.05, 3.63) is 54.0 Å². The molecule has 1 aromatic carbocycles. The van der Waals surface area contributed by atoms with Crippen molar-refractivity contribution in [2.75, 3.05) is 37.6 Å². The average Bonchev–Trinajstić information content (AvgIpc) is 2.68. The van der Waals surface area contributed by atoms with Gasteiger partial charge in [-0.1, -0.05) is 12.1 Å². The van der Waals surface area contributed by atoms with Crippen molar-refractivity contribution in [1.82, 2.24) is 15.2 Å². The number of anilines is 1. The normalized spacial score (nSPS) is 15.2. The molecule has 0 unspecified atom stereocenters. The van der Waals surface area contributed by atoms with Gasteiger partial charge in [-0.3, -0.25) is 0 Å². The Morgan fingerprint density at radius 2 is 2.04 bits per heavy atom. The molecule has 1 saturated heterocycles. The van der Waals surface area contributed by atoms with Crippen molar-refractivity contribution in [2.24, 2.45) is 4.99 Å². The summed E-state index contributed by atoms with van der Waals surface area (Å²) in [6.07, 6.45) is 1.81. The lowest BCUT2D eigenvalue weighted by Crippen LogP contribution is -2.52. The molecule has 0 atom stereocenters. The van der Waals surface area contributed by atoms with Crippen molar-refractivity contribution in [2.45, 2.75) is 13.5 Å². The molecule has 0 spiro atoms. The molecule has 2 N–H and O–H groups in total. The number of aliphatic imine (C=N–C) groups is 1. The van der Waals surface area contributed by atoms with Crippen LogP contribution < -0.4 is 10.2 Å². The Morgan fingerprint density at radius 1 is 1.23 bits per heavy atom. The van der Waals surface area contributed by atoms with Gasteiger partial charge in [0.05, 0.1) is 6.54 Å². The first kappa shape index (κ1) is 18.0. The van der Waals surface area contributed by atoms with Gasteiger partial charge < -0.3 is 20.2 Å². The molecule has 1 aromatic heterocycles. The second kappa shape index (κ2) is 8.51. The zero-order valence-electron chi connectivity index (χ0n) is 14.9. The van der Waals surface area contributed by atoms with E-state index in [0.29, 0.717) is 6.54 Å². The summed E-state index contributed by atoms with van der Waals surface area (Å²) >= 11 is 0. The molecule has 1 aliphatic heterocycles. The van der Waals surface area contributed by atoms with E-state index in [-0.39, 0.29) is 5.75 Å². The second-order valence-electron chi connectivity index (χ2n) is 6.12. The van der Waals surface area contributed by atoms with E-state index in [2.05, 4.69) is 25.1 Å². The Bertz CT molecular complexity index is 745. The molecule has 3 rings (SSSR count). The zero-order valence-corrected chi connectivity index (χ0v) is 14.9. The van der Waals surface area contributed by atoms with Gasteiger partial charge in [0.15, 0.2) is 17.5 Å². The monoisotopic (exact) mass is 357 g/mol. The van der Waals surface area contributed by atoms with Gasteiger partial charge in [0.1, 0.15) is 5.82 Å². The van der Waals surface area contributed by atoms with Crippen LogP contribution in [0, 0.1) is 5.82 Å². The minimum absolute atomic E-state index is 0.338. The van der Waals surface area contributed by atoms with Gasteiger partial charge in [0.2, 0.25) is 0 Å². The van der Waals surface area contributed by atoms with E-state index >= 15 is 0 Å². The highest BCUT2D eigenvalue weighted by Gasteiger charge is 2.20. The molecule has 26 heavy (non-hydrogen) atoms. The van der Waals surface area contributed by atoms with Crippen LogP contribution in [0.5, 0.6) is 5.75 Å². The SMILES string of the molecule is CCNC(=NCc1ccc(O)c(F)c1)N1CCN(c2ccccn2)CC1. The summed E-state index contributed by atoms with van der Waals surface area (Å²) in [6, 6.07) is 10.3. The van der Waals surface area contributed by atoms with Crippen molar-refractivity contribution in [3.63, 3.8) is 0 Å². The van der Waals surface area contributed by atoms with E-state index in [1.165, 1.54) is 12.1 Å². The van der Waals surface area contributed by atoms with Crippen LogP contribution in [0.4, 0.5) is 10.2 Å². The summed E-state index contributed by atoms with van der Waals surface area (Å²) < 4.78 is 13.5. The van der Waals surface area contributed by atoms with Crippen LogP contribution in [0.15, 0.2) is 47.6 Å². The third-order valence-electron chi connectivity index (χ3n) is 4.31. The fourth-order valence-corrected chi connectivity index (χ4v) is 2.93.